The number of nitrogens with zero attached hydrogens (tertiary/aromatic N) is 3. The lowest BCUT2D eigenvalue weighted by atomic mass is 10.2. The summed E-state index contributed by atoms with van der Waals surface area (Å²) in [5.74, 6) is -0.264. The summed E-state index contributed by atoms with van der Waals surface area (Å²) in [7, 11) is 0. The van der Waals surface area contributed by atoms with Gasteiger partial charge in [0, 0.05) is 35.7 Å². The maximum Gasteiger partial charge on any atom is 0.313 e. The molecular weight excluding hydrogens is 437 g/mol. The molecule has 0 unspecified atom stereocenters. The van der Waals surface area contributed by atoms with Crippen LogP contribution in [-0.2, 0) is 16.0 Å². The van der Waals surface area contributed by atoms with Crippen molar-refractivity contribution in [2.45, 2.75) is 6.42 Å². The fourth-order valence-corrected chi connectivity index (χ4v) is 4.02. The number of nitrogens with one attached hydrogen (secondary N) is 2. The average Bonchev–Trinajstić information content (AvgIpc) is 3.50. The van der Waals surface area contributed by atoms with Gasteiger partial charge >= 0.3 is 11.8 Å². The maximum absolute atomic E-state index is 13.1. The second-order valence-corrected chi connectivity index (χ2v) is 7.73. The number of hydrogen-bond acceptors (Lipinski definition) is 7. The number of fused-ring (bicyclic) bond motifs is 2. The zero-order chi connectivity index (χ0) is 22.1. The summed E-state index contributed by atoms with van der Waals surface area (Å²) in [6.45, 7) is 0.366. The molecule has 2 aromatic carbocycles. The first kappa shape index (κ1) is 19.9. The van der Waals surface area contributed by atoms with Gasteiger partial charge in [0.1, 0.15) is 5.82 Å². The van der Waals surface area contributed by atoms with Crippen molar-refractivity contribution in [1.82, 2.24) is 19.9 Å². The molecule has 3 heterocycles. The van der Waals surface area contributed by atoms with Crippen molar-refractivity contribution in [2.24, 2.45) is 0 Å². The number of rotatable bonds is 5. The fraction of sp³-hybridized carbons (Fsp3) is 0.143. The van der Waals surface area contributed by atoms with E-state index in [0.29, 0.717) is 40.0 Å². The molecule has 0 atom stereocenters. The van der Waals surface area contributed by atoms with Crippen LogP contribution in [0, 0.1) is 5.82 Å². The maximum atomic E-state index is 13.1. The zero-order valence-corrected chi connectivity index (χ0v) is 17.3. The third-order valence-electron chi connectivity index (χ3n) is 4.76. The minimum absolute atomic E-state index is 0.125. The number of amides is 2. The van der Waals surface area contributed by atoms with Gasteiger partial charge in [-0.25, -0.2) is 8.91 Å². The molecule has 5 rings (SSSR count). The van der Waals surface area contributed by atoms with E-state index in [2.05, 4.69) is 20.7 Å². The number of hydrogen-bond donors (Lipinski definition) is 2. The molecule has 0 saturated carbocycles. The molecule has 0 radical (unpaired) electrons. The Morgan fingerprint density at radius 2 is 1.91 bits per heavy atom. The Balaban J connectivity index is 1.18. The first-order valence-corrected chi connectivity index (χ1v) is 10.5. The number of carbonyl (C=O) groups is 2. The Bertz CT molecular complexity index is 1320. The fourth-order valence-electron chi connectivity index (χ4n) is 3.16. The molecule has 1 aliphatic rings. The van der Waals surface area contributed by atoms with E-state index >= 15 is 0 Å². The Labute approximate surface area is 184 Å². The van der Waals surface area contributed by atoms with Gasteiger partial charge < -0.3 is 20.1 Å². The lowest BCUT2D eigenvalue weighted by molar-refractivity contribution is -0.136. The van der Waals surface area contributed by atoms with Crippen LogP contribution >= 0.6 is 11.3 Å². The van der Waals surface area contributed by atoms with Gasteiger partial charge in [-0.2, -0.15) is 4.98 Å². The van der Waals surface area contributed by atoms with Gasteiger partial charge in [0.15, 0.2) is 17.3 Å². The summed E-state index contributed by atoms with van der Waals surface area (Å²) < 4.78 is 25.3. The lowest BCUT2D eigenvalue weighted by Crippen LogP contribution is -2.36. The molecule has 4 aromatic rings. The normalized spacial score (nSPS) is 12.2. The second-order valence-electron chi connectivity index (χ2n) is 6.89. The number of halogens is 1. The quantitative estimate of drug-likeness (QED) is 0.450. The van der Waals surface area contributed by atoms with Crippen LogP contribution in [0.4, 0.5) is 10.1 Å². The minimum Gasteiger partial charge on any atom is -0.454 e. The monoisotopic (exact) mass is 453 g/mol. The summed E-state index contributed by atoms with van der Waals surface area (Å²) in [6, 6.07) is 10.8. The van der Waals surface area contributed by atoms with Gasteiger partial charge in [-0.15, -0.1) is 16.4 Å². The molecule has 11 heteroatoms. The number of benzene rings is 2. The van der Waals surface area contributed by atoms with Crippen molar-refractivity contribution in [2.75, 3.05) is 18.7 Å². The van der Waals surface area contributed by atoms with Gasteiger partial charge in [-0.3, -0.25) is 9.59 Å². The molecule has 0 spiro atoms. The van der Waals surface area contributed by atoms with Crippen LogP contribution in [0.25, 0.3) is 16.3 Å². The van der Waals surface area contributed by atoms with Crippen molar-refractivity contribution < 1.29 is 23.5 Å². The van der Waals surface area contributed by atoms with Crippen molar-refractivity contribution >= 4 is 33.8 Å². The zero-order valence-electron chi connectivity index (χ0n) is 16.5. The molecule has 1 aliphatic heterocycles. The molecule has 0 bridgehead atoms. The van der Waals surface area contributed by atoms with E-state index in [1.54, 1.807) is 34.8 Å². The number of thiazole rings is 1. The van der Waals surface area contributed by atoms with Gasteiger partial charge in [0.05, 0.1) is 5.69 Å². The van der Waals surface area contributed by atoms with Crippen LogP contribution in [0.1, 0.15) is 5.69 Å². The molecule has 9 nitrogen and oxygen atoms in total. The molecule has 32 heavy (non-hydrogen) atoms. The summed E-state index contributed by atoms with van der Waals surface area (Å²) in [5, 5.41) is 11.5. The van der Waals surface area contributed by atoms with Crippen molar-refractivity contribution in [3.8, 4) is 22.9 Å². The van der Waals surface area contributed by atoms with Crippen molar-refractivity contribution in [1.29, 1.82) is 0 Å². The van der Waals surface area contributed by atoms with Crippen LogP contribution in [0.2, 0.25) is 0 Å². The molecule has 2 aromatic heterocycles. The predicted molar refractivity (Wildman–Crippen MR) is 114 cm³/mol. The molecule has 162 valence electrons. The van der Waals surface area contributed by atoms with Crippen LogP contribution < -0.4 is 20.1 Å². The third kappa shape index (κ3) is 3.97. The Morgan fingerprint density at radius 1 is 1.09 bits per heavy atom. The summed E-state index contributed by atoms with van der Waals surface area (Å²) in [6.07, 6.45) is 0.454. The Hall–Kier alpha value is -3.99. The Kier molecular flexibility index (Phi) is 5.15. The number of carbonyl (C=O) groups excluding carboxylic acids is 2. The van der Waals surface area contributed by atoms with Crippen molar-refractivity contribution in [3.05, 3.63) is 59.4 Å². The second kappa shape index (κ2) is 8.27. The SMILES string of the molecule is O=C(NCCc1csc2nc(-c3ccc(F)cc3)nn12)C(=O)Nc1ccc2c(c1)OCO2. The van der Waals surface area contributed by atoms with Gasteiger partial charge in [0.2, 0.25) is 11.8 Å². The average molecular weight is 453 g/mol. The standard InChI is InChI=1S/C21H16FN5O4S/c22-13-3-1-12(2-4-13)18-25-21-27(26-18)15(10-32-21)7-8-23-19(28)20(29)24-14-5-6-16-17(9-14)31-11-30-16/h1-6,9-10H,7-8,11H2,(H,23,28)(H,24,29). The molecule has 0 fully saturated rings. The predicted octanol–water partition coefficient (Wildman–Crippen LogP) is 2.62. The topological polar surface area (TPSA) is 107 Å². The van der Waals surface area contributed by atoms with Crippen LogP contribution in [0.5, 0.6) is 11.5 Å². The van der Waals surface area contributed by atoms with E-state index in [1.165, 1.54) is 23.5 Å². The minimum atomic E-state index is -0.779. The Morgan fingerprint density at radius 3 is 2.75 bits per heavy atom. The first-order valence-electron chi connectivity index (χ1n) is 9.65. The summed E-state index contributed by atoms with van der Waals surface area (Å²) >= 11 is 1.41. The largest absolute Gasteiger partial charge is 0.454 e. The highest BCUT2D eigenvalue weighted by molar-refractivity contribution is 7.15. The van der Waals surface area contributed by atoms with Gasteiger partial charge in [0.25, 0.3) is 0 Å². The highest BCUT2D eigenvalue weighted by Gasteiger charge is 2.18. The number of aromatic nitrogens is 3. The molecule has 2 amide bonds. The first-order chi connectivity index (χ1) is 15.6. The lowest BCUT2D eigenvalue weighted by Gasteiger charge is -2.07. The smallest absolute Gasteiger partial charge is 0.313 e. The number of anilines is 1. The highest BCUT2D eigenvalue weighted by Crippen LogP contribution is 2.34. The summed E-state index contributed by atoms with van der Waals surface area (Å²) in [5.41, 5.74) is 1.98. The van der Waals surface area contributed by atoms with E-state index in [-0.39, 0.29) is 19.2 Å². The highest BCUT2D eigenvalue weighted by atomic mass is 32.1. The van der Waals surface area contributed by atoms with Crippen LogP contribution in [0.15, 0.2) is 47.8 Å². The molecule has 0 saturated heterocycles. The third-order valence-corrected chi connectivity index (χ3v) is 5.62. The van der Waals surface area contributed by atoms with E-state index in [4.69, 9.17) is 9.47 Å². The molecule has 0 aliphatic carbocycles. The van der Waals surface area contributed by atoms with Crippen molar-refractivity contribution in [3.63, 3.8) is 0 Å². The summed E-state index contributed by atoms with van der Waals surface area (Å²) in [4.78, 5) is 29.4. The van der Waals surface area contributed by atoms with E-state index in [1.807, 2.05) is 5.38 Å². The molecule has 2 N–H and O–H groups in total. The van der Waals surface area contributed by atoms with E-state index in [0.717, 1.165) is 5.69 Å². The van der Waals surface area contributed by atoms with E-state index in [9.17, 15) is 14.0 Å². The van der Waals surface area contributed by atoms with Gasteiger partial charge in [-0.05, 0) is 36.4 Å². The van der Waals surface area contributed by atoms with Crippen LogP contribution in [-0.4, -0.2) is 39.8 Å². The van der Waals surface area contributed by atoms with Crippen LogP contribution in [0.3, 0.4) is 0 Å². The molecular formula is C21H16FN5O4S. The van der Waals surface area contributed by atoms with Gasteiger partial charge in [-0.1, -0.05) is 0 Å². The number of ether oxygens (including phenoxy) is 2. The van der Waals surface area contributed by atoms with E-state index < -0.39 is 11.8 Å².